The minimum atomic E-state index is -1.37. The van der Waals surface area contributed by atoms with E-state index in [9.17, 15) is 24.3 Å². The zero-order valence-electron chi connectivity index (χ0n) is 24.5. The van der Waals surface area contributed by atoms with Crippen molar-refractivity contribution in [3.8, 4) is 0 Å². The van der Waals surface area contributed by atoms with Crippen LogP contribution in [0, 0.1) is 0 Å². The molecule has 238 valence electrons. The lowest BCUT2D eigenvalue weighted by Gasteiger charge is -2.49. The van der Waals surface area contributed by atoms with Crippen LogP contribution in [0.15, 0.2) is 118 Å². The van der Waals surface area contributed by atoms with Gasteiger partial charge in [-0.1, -0.05) is 96.2 Å². The van der Waals surface area contributed by atoms with E-state index >= 15 is 0 Å². The molecule has 0 aliphatic carbocycles. The number of β-lactam (4-membered cyclic amide) rings is 1. The Morgan fingerprint density at radius 2 is 1.55 bits per heavy atom. The summed E-state index contributed by atoms with van der Waals surface area (Å²) in [7, 11) is 0. The molecular formula is C33H27N5O7S2. The predicted molar refractivity (Wildman–Crippen MR) is 174 cm³/mol. The second kappa shape index (κ2) is 13.5. The van der Waals surface area contributed by atoms with Crippen LogP contribution in [0.1, 0.15) is 22.4 Å². The van der Waals surface area contributed by atoms with Crippen LogP contribution in [0.25, 0.3) is 0 Å². The summed E-state index contributed by atoms with van der Waals surface area (Å²) >= 11 is 2.47. The molecule has 0 bridgehead atoms. The van der Waals surface area contributed by atoms with Gasteiger partial charge in [-0.05, 0) is 0 Å². The van der Waals surface area contributed by atoms with Crippen molar-refractivity contribution in [2.75, 3.05) is 12.4 Å². The van der Waals surface area contributed by atoms with E-state index in [2.05, 4.69) is 15.5 Å². The smallest absolute Gasteiger partial charge is 0.404 e. The maximum atomic E-state index is 13.9. The van der Waals surface area contributed by atoms with Gasteiger partial charge in [0.2, 0.25) is 5.60 Å². The lowest BCUT2D eigenvalue weighted by atomic mass is 9.80. The minimum Gasteiger partial charge on any atom is -0.477 e. The van der Waals surface area contributed by atoms with E-state index in [4.69, 9.17) is 15.3 Å². The first kappa shape index (κ1) is 31.5. The van der Waals surface area contributed by atoms with Gasteiger partial charge in [0.1, 0.15) is 29.4 Å². The van der Waals surface area contributed by atoms with Gasteiger partial charge in [-0.2, -0.15) is 0 Å². The Morgan fingerprint density at radius 3 is 2.04 bits per heavy atom. The molecule has 2 atom stereocenters. The molecule has 1 aromatic heterocycles. The van der Waals surface area contributed by atoms with Gasteiger partial charge >= 0.3 is 12.1 Å². The summed E-state index contributed by atoms with van der Waals surface area (Å²) < 4.78 is 4.78. The number of nitrogens with one attached hydrogen (secondary N) is 1. The third-order valence-electron chi connectivity index (χ3n) is 7.63. The number of nitrogens with zero attached hydrogens (tertiary/aromatic N) is 3. The largest absolute Gasteiger partial charge is 0.477 e. The number of aliphatic carboxylic acids is 1. The number of fused-ring (bicyclic) bond motifs is 1. The van der Waals surface area contributed by atoms with Crippen molar-refractivity contribution < 1.29 is 33.9 Å². The number of carboxylic acids is 1. The summed E-state index contributed by atoms with van der Waals surface area (Å²) in [6.45, 7) is -0.374. The fraction of sp³-hybridized carbons (Fsp3) is 0.152. The minimum absolute atomic E-state index is 0.139. The lowest BCUT2D eigenvalue weighted by Crippen LogP contribution is -2.71. The highest BCUT2D eigenvalue weighted by Crippen LogP contribution is 2.42. The monoisotopic (exact) mass is 669 g/mol. The second-order valence-corrected chi connectivity index (χ2v) is 12.2. The van der Waals surface area contributed by atoms with E-state index in [1.165, 1.54) is 23.1 Å². The van der Waals surface area contributed by atoms with Crippen molar-refractivity contribution in [1.29, 1.82) is 0 Å². The number of thiazole rings is 1. The number of thioether (sulfide) groups is 1. The number of carbonyl (C=O) groups is 4. The molecule has 4 N–H and O–H groups in total. The van der Waals surface area contributed by atoms with Crippen LogP contribution < -0.4 is 11.1 Å². The van der Waals surface area contributed by atoms with Gasteiger partial charge < -0.3 is 25.7 Å². The first-order valence-corrected chi connectivity index (χ1v) is 16.2. The number of hydrogen-bond donors (Lipinski definition) is 3. The molecule has 14 heteroatoms. The van der Waals surface area contributed by atoms with Gasteiger partial charge in [-0.25, -0.2) is 14.6 Å². The highest BCUT2D eigenvalue weighted by Gasteiger charge is 2.54. The molecule has 2 aliphatic rings. The molecule has 3 aromatic carbocycles. The summed E-state index contributed by atoms with van der Waals surface area (Å²) in [4.78, 5) is 62.3. The van der Waals surface area contributed by atoms with Gasteiger partial charge in [0, 0.05) is 33.4 Å². The molecule has 12 nitrogen and oxygen atoms in total. The SMILES string of the molecule is NC(=O)OCC1=C(C(=O)O)N2C(=O)C(NC(=O)/C(=N\OC(c3ccccc3)(c3ccccc3)c3ccccc3)c3cscn3)[C@@H]2SC1. The normalized spacial score (nSPS) is 17.7. The number of carbonyl (C=O) groups excluding carboxylic acids is 3. The zero-order chi connectivity index (χ0) is 33.0. The summed E-state index contributed by atoms with van der Waals surface area (Å²) in [6, 6.07) is 27.4. The van der Waals surface area contributed by atoms with Crippen LogP contribution >= 0.6 is 23.1 Å². The maximum Gasteiger partial charge on any atom is 0.404 e. The van der Waals surface area contributed by atoms with Gasteiger partial charge in [0.15, 0.2) is 5.71 Å². The number of carboxylic acid groups (broad SMARTS) is 1. The van der Waals surface area contributed by atoms with Gasteiger partial charge in [0.25, 0.3) is 11.8 Å². The number of ether oxygens (including phenoxy) is 1. The number of oxime groups is 1. The van der Waals surface area contributed by atoms with E-state index in [-0.39, 0.29) is 35.0 Å². The van der Waals surface area contributed by atoms with Crippen LogP contribution in [0.3, 0.4) is 0 Å². The first-order chi connectivity index (χ1) is 22.8. The highest BCUT2D eigenvalue weighted by molar-refractivity contribution is 8.00. The highest BCUT2D eigenvalue weighted by atomic mass is 32.2. The molecule has 1 fully saturated rings. The van der Waals surface area contributed by atoms with E-state index in [0.29, 0.717) is 0 Å². The van der Waals surface area contributed by atoms with E-state index < -0.39 is 40.9 Å². The summed E-state index contributed by atoms with van der Waals surface area (Å²) in [5.74, 6) is -2.61. The number of aromatic nitrogens is 1. The van der Waals surface area contributed by atoms with Crippen LogP contribution in [-0.2, 0) is 29.6 Å². The molecule has 6 rings (SSSR count). The fourth-order valence-corrected chi connectivity index (χ4v) is 7.35. The molecule has 1 saturated heterocycles. The number of hydrogen-bond acceptors (Lipinski definition) is 10. The lowest BCUT2D eigenvalue weighted by molar-refractivity contribution is -0.150. The van der Waals surface area contributed by atoms with E-state index in [0.717, 1.165) is 21.6 Å². The molecule has 4 aromatic rings. The quantitative estimate of drug-likeness (QED) is 0.0932. The number of amides is 3. The van der Waals surface area contributed by atoms with Crippen molar-refractivity contribution in [1.82, 2.24) is 15.2 Å². The topological polar surface area (TPSA) is 174 Å². The van der Waals surface area contributed by atoms with Crippen molar-refractivity contribution in [3.05, 3.63) is 136 Å². The van der Waals surface area contributed by atoms with E-state index in [1.807, 2.05) is 91.0 Å². The van der Waals surface area contributed by atoms with Crippen LogP contribution in [0.4, 0.5) is 4.79 Å². The van der Waals surface area contributed by atoms with Crippen LogP contribution in [0.2, 0.25) is 0 Å². The van der Waals surface area contributed by atoms with Gasteiger partial charge in [0.05, 0.1) is 5.51 Å². The fourth-order valence-electron chi connectivity index (χ4n) is 5.49. The van der Waals surface area contributed by atoms with E-state index in [1.54, 1.807) is 10.9 Å². The first-order valence-electron chi connectivity index (χ1n) is 14.3. The Kier molecular flexibility index (Phi) is 9.04. The predicted octanol–water partition coefficient (Wildman–Crippen LogP) is 3.69. The number of nitrogens with two attached hydrogens (primary N) is 1. The molecule has 0 spiro atoms. The standard InChI is InChI=1S/C33H27N5O7S2/c34-32(43)44-16-20-17-47-30-26(29(40)38(30)27(20)31(41)42)36-28(39)25(24-18-46-19-35-24)37-45-33(21-10-4-1-5-11-21,22-12-6-2-7-13-22)23-14-8-3-9-15-23/h1-15,18-19,26,30H,16-17H2,(H2,34,43)(H,36,39)(H,41,42)/b37-25-/t26?,30-/m0/s1. The molecule has 0 radical (unpaired) electrons. The van der Waals surface area contributed by atoms with Crippen molar-refractivity contribution in [3.63, 3.8) is 0 Å². The average Bonchev–Trinajstić information content (AvgIpc) is 3.63. The summed E-state index contributed by atoms with van der Waals surface area (Å²) in [5.41, 5.74) is 7.54. The Balaban J connectivity index is 1.35. The third-order valence-corrected chi connectivity index (χ3v) is 9.56. The number of primary amides is 1. The maximum absolute atomic E-state index is 13.9. The summed E-state index contributed by atoms with van der Waals surface area (Å²) in [6.07, 6.45) is -1.07. The Bertz CT molecular complexity index is 1760. The zero-order valence-corrected chi connectivity index (χ0v) is 26.1. The molecule has 2 aliphatic heterocycles. The number of benzene rings is 3. The molecule has 0 saturated carbocycles. The van der Waals surface area contributed by atoms with Crippen LogP contribution in [0.5, 0.6) is 0 Å². The Labute approximate surface area is 276 Å². The third kappa shape index (κ3) is 6.07. The molecular weight excluding hydrogens is 643 g/mol. The molecule has 1 unspecified atom stereocenters. The average molecular weight is 670 g/mol. The Morgan fingerprint density at radius 1 is 0.979 bits per heavy atom. The van der Waals surface area contributed by atoms with Crippen molar-refractivity contribution in [2.24, 2.45) is 10.9 Å². The summed E-state index contributed by atoms with van der Waals surface area (Å²) in [5, 5.41) is 18.0. The van der Waals surface area contributed by atoms with Gasteiger partial charge in [-0.3, -0.25) is 14.5 Å². The molecule has 47 heavy (non-hydrogen) atoms. The molecule has 3 amide bonds. The Hall–Kier alpha value is -5.47. The van der Waals surface area contributed by atoms with Crippen molar-refractivity contribution in [2.45, 2.75) is 17.0 Å². The number of rotatable bonds is 11. The van der Waals surface area contributed by atoms with Crippen LogP contribution in [-0.4, -0.2) is 68.4 Å². The second-order valence-electron chi connectivity index (χ2n) is 10.4. The molecule has 3 heterocycles. The van der Waals surface area contributed by atoms with Gasteiger partial charge in [-0.15, -0.1) is 23.1 Å². The van der Waals surface area contributed by atoms with Crippen molar-refractivity contribution >= 4 is 52.7 Å².